The molecule has 0 unspecified atom stereocenters. The third-order valence-corrected chi connectivity index (χ3v) is 4.92. The number of halogens is 1. The number of carbonyl (C=O) groups is 3. The number of aromatic nitrogens is 1. The first-order valence-electron chi connectivity index (χ1n) is 8.87. The lowest BCUT2D eigenvalue weighted by Gasteiger charge is -2.25. The van der Waals surface area contributed by atoms with E-state index in [1.807, 2.05) is 37.3 Å². The summed E-state index contributed by atoms with van der Waals surface area (Å²) < 4.78 is 5.09. The van der Waals surface area contributed by atoms with Crippen LogP contribution in [0.15, 0.2) is 48.7 Å². The van der Waals surface area contributed by atoms with Crippen LogP contribution in [0.2, 0.25) is 5.15 Å². The summed E-state index contributed by atoms with van der Waals surface area (Å²) in [4.78, 5) is 42.1. The van der Waals surface area contributed by atoms with Gasteiger partial charge in [-0.25, -0.2) is 4.98 Å². The Balaban J connectivity index is 1.52. The maximum Gasteiger partial charge on any atom is 0.311 e. The first-order valence-corrected chi connectivity index (χ1v) is 9.25. The van der Waals surface area contributed by atoms with Crippen LogP contribution >= 0.6 is 11.6 Å². The molecule has 0 radical (unpaired) electrons. The largest absolute Gasteiger partial charge is 0.455 e. The fraction of sp³-hybridized carbons (Fsp3) is 0.300. The molecule has 1 saturated heterocycles. The lowest BCUT2D eigenvalue weighted by Crippen LogP contribution is -2.30. The van der Waals surface area contributed by atoms with Gasteiger partial charge in [0.15, 0.2) is 11.8 Å². The smallest absolute Gasteiger partial charge is 0.311 e. The van der Waals surface area contributed by atoms with E-state index in [9.17, 15) is 14.4 Å². The monoisotopic (exact) mass is 401 g/mol. The van der Waals surface area contributed by atoms with Crippen LogP contribution in [0, 0.1) is 5.92 Å². The van der Waals surface area contributed by atoms with Crippen molar-refractivity contribution in [3.63, 3.8) is 0 Å². The zero-order valence-electron chi connectivity index (χ0n) is 15.3. The number of hydrogen-bond donors (Lipinski definition) is 1. The molecule has 2 aromatic rings. The number of pyridine rings is 1. The molecule has 28 heavy (non-hydrogen) atoms. The molecule has 146 valence electrons. The second-order valence-electron chi connectivity index (χ2n) is 6.53. The minimum atomic E-state index is -0.589. The molecule has 0 aliphatic carbocycles. The maximum atomic E-state index is 12.3. The topological polar surface area (TPSA) is 88.6 Å². The Morgan fingerprint density at radius 2 is 2.04 bits per heavy atom. The highest BCUT2D eigenvalue weighted by molar-refractivity contribution is 6.32. The molecule has 8 heteroatoms. The third kappa shape index (κ3) is 4.67. The summed E-state index contributed by atoms with van der Waals surface area (Å²) in [5, 5.41) is 2.67. The van der Waals surface area contributed by atoms with E-state index in [-0.39, 0.29) is 30.1 Å². The second-order valence-corrected chi connectivity index (χ2v) is 6.89. The summed E-state index contributed by atoms with van der Waals surface area (Å²) in [6, 6.07) is 12.7. The van der Waals surface area contributed by atoms with Crippen molar-refractivity contribution in [1.29, 1.82) is 0 Å². The van der Waals surface area contributed by atoms with Crippen molar-refractivity contribution in [2.75, 3.05) is 18.5 Å². The van der Waals surface area contributed by atoms with Crippen LogP contribution in [0.3, 0.4) is 0 Å². The van der Waals surface area contributed by atoms with Crippen molar-refractivity contribution < 1.29 is 19.1 Å². The zero-order valence-corrected chi connectivity index (χ0v) is 16.1. The van der Waals surface area contributed by atoms with Crippen LogP contribution in [0.4, 0.5) is 5.69 Å². The minimum Gasteiger partial charge on any atom is -0.455 e. The third-order valence-electron chi connectivity index (χ3n) is 4.62. The minimum absolute atomic E-state index is 0.0755. The van der Waals surface area contributed by atoms with Crippen molar-refractivity contribution in [2.45, 2.75) is 19.4 Å². The quantitative estimate of drug-likeness (QED) is 0.594. The van der Waals surface area contributed by atoms with Gasteiger partial charge in [-0.2, -0.15) is 0 Å². The summed E-state index contributed by atoms with van der Waals surface area (Å²) in [7, 11) is 0. The second kappa shape index (κ2) is 8.84. The number of hydrogen-bond acceptors (Lipinski definition) is 5. The van der Waals surface area contributed by atoms with Crippen molar-refractivity contribution in [3.8, 4) is 0 Å². The molecule has 1 fully saturated rings. The highest BCUT2D eigenvalue weighted by Gasteiger charge is 2.38. The number of benzene rings is 1. The lowest BCUT2D eigenvalue weighted by molar-refractivity contribution is -0.151. The molecule has 1 aromatic carbocycles. The number of nitrogens with one attached hydrogen (secondary N) is 1. The molecular weight excluding hydrogens is 382 g/mol. The Morgan fingerprint density at radius 3 is 2.75 bits per heavy atom. The first-order chi connectivity index (χ1) is 13.5. The summed E-state index contributed by atoms with van der Waals surface area (Å²) in [6.45, 7) is 1.73. The molecule has 2 heterocycles. The van der Waals surface area contributed by atoms with Crippen LogP contribution in [-0.4, -0.2) is 40.8 Å². The SMILES string of the molecule is C[C@H](c1ccccc1)N1C[C@H](C(=O)OCC(=O)Nc2cccnc2Cl)CC1=O. The summed E-state index contributed by atoms with van der Waals surface area (Å²) in [6.07, 6.45) is 1.57. The Hall–Kier alpha value is -2.93. The summed E-state index contributed by atoms with van der Waals surface area (Å²) in [5.74, 6) is -1.79. The van der Waals surface area contributed by atoms with E-state index in [1.54, 1.807) is 17.0 Å². The van der Waals surface area contributed by atoms with E-state index >= 15 is 0 Å². The lowest BCUT2D eigenvalue weighted by atomic mass is 10.1. The number of rotatable bonds is 6. The van der Waals surface area contributed by atoms with Gasteiger partial charge in [-0.05, 0) is 24.6 Å². The highest BCUT2D eigenvalue weighted by atomic mass is 35.5. The van der Waals surface area contributed by atoms with Gasteiger partial charge in [0, 0.05) is 19.2 Å². The zero-order chi connectivity index (χ0) is 20.1. The first kappa shape index (κ1) is 19.8. The van der Waals surface area contributed by atoms with E-state index in [0.717, 1.165) is 5.56 Å². The molecular formula is C20H20ClN3O4. The maximum absolute atomic E-state index is 12.3. The predicted molar refractivity (Wildman–Crippen MR) is 104 cm³/mol. The van der Waals surface area contributed by atoms with E-state index in [1.165, 1.54) is 6.20 Å². The molecule has 7 nitrogen and oxygen atoms in total. The molecule has 1 N–H and O–H groups in total. The van der Waals surface area contributed by atoms with Crippen molar-refractivity contribution in [3.05, 3.63) is 59.4 Å². The van der Waals surface area contributed by atoms with Crippen molar-refractivity contribution >= 4 is 35.1 Å². The summed E-state index contributed by atoms with van der Waals surface area (Å²) >= 11 is 5.87. The number of anilines is 1. The molecule has 2 atom stereocenters. The molecule has 1 aliphatic rings. The fourth-order valence-electron chi connectivity index (χ4n) is 3.10. The molecule has 0 spiro atoms. The Morgan fingerprint density at radius 1 is 1.29 bits per heavy atom. The molecule has 0 bridgehead atoms. The van der Waals surface area contributed by atoms with Gasteiger partial charge in [0.25, 0.3) is 5.91 Å². The molecule has 1 aliphatic heterocycles. The van der Waals surface area contributed by atoms with Crippen LogP contribution < -0.4 is 5.32 Å². The average molecular weight is 402 g/mol. The van der Waals surface area contributed by atoms with Gasteiger partial charge in [0.2, 0.25) is 5.91 Å². The molecule has 3 rings (SSSR count). The van der Waals surface area contributed by atoms with Gasteiger partial charge >= 0.3 is 5.97 Å². The Kier molecular flexibility index (Phi) is 6.26. The average Bonchev–Trinajstić information content (AvgIpc) is 3.10. The van der Waals surface area contributed by atoms with Crippen LogP contribution in [-0.2, 0) is 19.1 Å². The molecule has 2 amide bonds. The highest BCUT2D eigenvalue weighted by Crippen LogP contribution is 2.29. The van der Waals surface area contributed by atoms with Crippen molar-refractivity contribution in [2.24, 2.45) is 5.92 Å². The van der Waals surface area contributed by atoms with E-state index in [4.69, 9.17) is 16.3 Å². The van der Waals surface area contributed by atoms with Gasteiger partial charge in [0.1, 0.15) is 0 Å². The fourth-order valence-corrected chi connectivity index (χ4v) is 3.26. The standard InChI is InChI=1S/C20H20ClN3O4/c1-13(14-6-3-2-4-7-14)24-11-15(10-18(24)26)20(27)28-12-17(25)23-16-8-5-9-22-19(16)21/h2-9,13,15H,10-12H2,1H3,(H,23,25)/t13-,15-/m1/s1. The number of amides is 2. The van der Waals surface area contributed by atoms with Crippen LogP contribution in [0.5, 0.6) is 0 Å². The van der Waals surface area contributed by atoms with E-state index < -0.39 is 24.4 Å². The molecule has 0 saturated carbocycles. The number of ether oxygens (including phenoxy) is 1. The molecule has 1 aromatic heterocycles. The Bertz CT molecular complexity index is 875. The normalized spacial score (nSPS) is 17.3. The van der Waals surface area contributed by atoms with E-state index in [2.05, 4.69) is 10.3 Å². The number of carbonyl (C=O) groups excluding carboxylic acids is 3. The number of esters is 1. The van der Waals surface area contributed by atoms with Gasteiger partial charge in [-0.1, -0.05) is 41.9 Å². The van der Waals surface area contributed by atoms with Crippen LogP contribution in [0.1, 0.15) is 24.9 Å². The van der Waals surface area contributed by atoms with Gasteiger partial charge < -0.3 is 15.0 Å². The Labute approximate surface area is 167 Å². The van der Waals surface area contributed by atoms with Gasteiger partial charge in [-0.3, -0.25) is 14.4 Å². The van der Waals surface area contributed by atoms with Gasteiger partial charge in [-0.15, -0.1) is 0 Å². The van der Waals surface area contributed by atoms with E-state index in [0.29, 0.717) is 5.69 Å². The number of likely N-dealkylation sites (tertiary alicyclic amines) is 1. The van der Waals surface area contributed by atoms with Crippen LogP contribution in [0.25, 0.3) is 0 Å². The number of nitrogens with zero attached hydrogens (tertiary/aromatic N) is 2. The summed E-state index contributed by atoms with van der Waals surface area (Å²) in [5.41, 5.74) is 1.33. The predicted octanol–water partition coefficient (Wildman–Crippen LogP) is 2.83. The van der Waals surface area contributed by atoms with Gasteiger partial charge in [0.05, 0.1) is 17.6 Å². The van der Waals surface area contributed by atoms with Crippen molar-refractivity contribution in [1.82, 2.24) is 9.88 Å².